The van der Waals surface area contributed by atoms with E-state index in [1.807, 2.05) is 60.7 Å². The van der Waals surface area contributed by atoms with E-state index in [0.717, 1.165) is 39.1 Å². The topological polar surface area (TPSA) is 58.9 Å². The third-order valence-corrected chi connectivity index (χ3v) is 3.92. The lowest BCUT2D eigenvalue weighted by molar-refractivity contribution is 0.282. The molecular formula is C20H15N3O. The first-order valence-electron chi connectivity index (χ1n) is 7.72. The second-order valence-electron chi connectivity index (χ2n) is 5.51. The van der Waals surface area contributed by atoms with E-state index in [-0.39, 0.29) is 6.61 Å². The fourth-order valence-corrected chi connectivity index (χ4v) is 2.67. The number of aliphatic hydroxyl groups is 1. The Labute approximate surface area is 139 Å². The Morgan fingerprint density at radius 2 is 1.38 bits per heavy atom. The molecule has 0 unspecified atom stereocenters. The summed E-state index contributed by atoms with van der Waals surface area (Å²) in [6.07, 6.45) is 3.45. The van der Waals surface area contributed by atoms with Gasteiger partial charge in [-0.15, -0.1) is 0 Å². The van der Waals surface area contributed by atoms with Gasteiger partial charge < -0.3 is 5.11 Å². The highest BCUT2D eigenvalue weighted by Gasteiger charge is 2.13. The van der Waals surface area contributed by atoms with Crippen LogP contribution in [0.1, 0.15) is 5.56 Å². The lowest BCUT2D eigenvalue weighted by atomic mass is 10.0. The van der Waals surface area contributed by atoms with Crippen molar-refractivity contribution >= 4 is 11.0 Å². The molecule has 116 valence electrons. The minimum absolute atomic E-state index is 0.0269. The molecule has 1 N–H and O–H groups in total. The molecule has 0 aliphatic rings. The van der Waals surface area contributed by atoms with Gasteiger partial charge in [-0.25, -0.2) is 9.97 Å². The second-order valence-corrected chi connectivity index (χ2v) is 5.51. The Kier molecular flexibility index (Phi) is 3.73. The maximum Gasteiger partial charge on any atom is 0.108 e. The van der Waals surface area contributed by atoms with Crippen LogP contribution in [-0.4, -0.2) is 20.1 Å². The Bertz CT molecular complexity index is 983. The van der Waals surface area contributed by atoms with Gasteiger partial charge in [0, 0.05) is 17.3 Å². The lowest BCUT2D eigenvalue weighted by Crippen LogP contribution is -1.96. The van der Waals surface area contributed by atoms with Crippen molar-refractivity contribution in [1.82, 2.24) is 15.0 Å². The van der Waals surface area contributed by atoms with Gasteiger partial charge >= 0.3 is 0 Å². The average Bonchev–Trinajstić information content (AvgIpc) is 2.68. The van der Waals surface area contributed by atoms with Crippen molar-refractivity contribution in [2.24, 2.45) is 0 Å². The SMILES string of the molecule is OCc1ccc(-c2nc3cnccc3nc2-c2ccccc2)cc1. The molecule has 0 spiro atoms. The summed E-state index contributed by atoms with van der Waals surface area (Å²) < 4.78 is 0. The predicted octanol–water partition coefficient (Wildman–Crippen LogP) is 3.85. The molecule has 4 rings (SSSR count). The normalized spacial score (nSPS) is 10.9. The molecule has 0 saturated carbocycles. The van der Waals surface area contributed by atoms with E-state index in [1.54, 1.807) is 12.4 Å². The van der Waals surface area contributed by atoms with Gasteiger partial charge in [-0.1, -0.05) is 54.6 Å². The molecular weight excluding hydrogens is 298 g/mol. The van der Waals surface area contributed by atoms with Crippen molar-refractivity contribution in [3.8, 4) is 22.5 Å². The minimum Gasteiger partial charge on any atom is -0.392 e. The fraction of sp³-hybridized carbons (Fsp3) is 0.0500. The van der Waals surface area contributed by atoms with Crippen LogP contribution in [0, 0.1) is 0 Å². The Balaban J connectivity index is 1.97. The number of aliphatic hydroxyl groups excluding tert-OH is 1. The summed E-state index contributed by atoms with van der Waals surface area (Å²) in [5.74, 6) is 0. The number of hydrogen-bond acceptors (Lipinski definition) is 4. The molecule has 2 heterocycles. The lowest BCUT2D eigenvalue weighted by Gasteiger charge is -2.10. The molecule has 4 nitrogen and oxygen atoms in total. The molecule has 0 bridgehead atoms. The molecule has 0 aliphatic carbocycles. The smallest absolute Gasteiger partial charge is 0.108 e. The summed E-state index contributed by atoms with van der Waals surface area (Å²) in [6, 6.07) is 19.6. The molecule has 0 fully saturated rings. The van der Waals surface area contributed by atoms with Gasteiger partial charge in [0.15, 0.2) is 0 Å². The monoisotopic (exact) mass is 313 g/mol. The van der Waals surface area contributed by atoms with Crippen molar-refractivity contribution in [1.29, 1.82) is 0 Å². The van der Waals surface area contributed by atoms with Gasteiger partial charge in [0.05, 0.1) is 29.7 Å². The molecule has 4 heteroatoms. The second kappa shape index (κ2) is 6.18. The Morgan fingerprint density at radius 1 is 0.708 bits per heavy atom. The van der Waals surface area contributed by atoms with Crippen LogP contribution in [0.2, 0.25) is 0 Å². The molecule has 2 aromatic carbocycles. The van der Waals surface area contributed by atoms with Crippen LogP contribution in [0.5, 0.6) is 0 Å². The highest BCUT2D eigenvalue weighted by Crippen LogP contribution is 2.30. The van der Waals surface area contributed by atoms with Crippen LogP contribution in [-0.2, 0) is 6.61 Å². The Hall–Kier alpha value is -3.11. The number of hydrogen-bond donors (Lipinski definition) is 1. The highest BCUT2D eigenvalue weighted by molar-refractivity contribution is 5.85. The summed E-state index contributed by atoms with van der Waals surface area (Å²) in [7, 11) is 0. The largest absolute Gasteiger partial charge is 0.392 e. The van der Waals surface area contributed by atoms with E-state index >= 15 is 0 Å². The molecule has 0 radical (unpaired) electrons. The van der Waals surface area contributed by atoms with E-state index in [2.05, 4.69) is 4.98 Å². The predicted molar refractivity (Wildman–Crippen MR) is 94.1 cm³/mol. The summed E-state index contributed by atoms with van der Waals surface area (Å²) in [5.41, 5.74) is 6.08. The van der Waals surface area contributed by atoms with Crippen molar-refractivity contribution in [3.63, 3.8) is 0 Å². The standard InChI is InChI=1S/C20H15N3O/c24-13-14-6-8-16(9-7-14)20-19(15-4-2-1-3-5-15)22-17-10-11-21-12-18(17)23-20/h1-12,24H,13H2. The van der Waals surface area contributed by atoms with Crippen molar-refractivity contribution in [2.45, 2.75) is 6.61 Å². The number of benzene rings is 2. The first-order chi connectivity index (χ1) is 11.8. The summed E-state index contributed by atoms with van der Waals surface area (Å²) in [4.78, 5) is 13.7. The van der Waals surface area contributed by atoms with Gasteiger partial charge in [-0.05, 0) is 11.6 Å². The van der Waals surface area contributed by atoms with E-state index < -0.39 is 0 Å². The zero-order valence-electron chi connectivity index (χ0n) is 12.9. The van der Waals surface area contributed by atoms with Gasteiger partial charge in [-0.2, -0.15) is 0 Å². The maximum absolute atomic E-state index is 9.24. The quantitative estimate of drug-likeness (QED) is 0.624. The van der Waals surface area contributed by atoms with E-state index in [0.29, 0.717) is 0 Å². The zero-order chi connectivity index (χ0) is 16.4. The molecule has 24 heavy (non-hydrogen) atoms. The number of aromatic nitrogens is 3. The zero-order valence-corrected chi connectivity index (χ0v) is 12.9. The van der Waals surface area contributed by atoms with Crippen molar-refractivity contribution in [2.75, 3.05) is 0 Å². The first kappa shape index (κ1) is 14.5. The molecule has 2 aromatic heterocycles. The molecule has 4 aromatic rings. The maximum atomic E-state index is 9.24. The third kappa shape index (κ3) is 2.64. The Morgan fingerprint density at radius 3 is 2.08 bits per heavy atom. The summed E-state index contributed by atoms with van der Waals surface area (Å²) in [6.45, 7) is 0.0269. The fourth-order valence-electron chi connectivity index (χ4n) is 2.67. The van der Waals surface area contributed by atoms with Crippen LogP contribution in [0.25, 0.3) is 33.5 Å². The van der Waals surface area contributed by atoms with Crippen LogP contribution in [0.3, 0.4) is 0 Å². The summed E-state index contributed by atoms with van der Waals surface area (Å²) >= 11 is 0. The summed E-state index contributed by atoms with van der Waals surface area (Å²) in [5, 5.41) is 9.24. The molecule has 0 saturated heterocycles. The third-order valence-electron chi connectivity index (χ3n) is 3.92. The van der Waals surface area contributed by atoms with Gasteiger partial charge in [0.25, 0.3) is 0 Å². The van der Waals surface area contributed by atoms with Crippen LogP contribution < -0.4 is 0 Å². The number of pyridine rings is 1. The van der Waals surface area contributed by atoms with Crippen LogP contribution in [0.15, 0.2) is 73.1 Å². The number of fused-ring (bicyclic) bond motifs is 1. The first-order valence-corrected chi connectivity index (χ1v) is 7.72. The van der Waals surface area contributed by atoms with Gasteiger partial charge in [-0.3, -0.25) is 4.98 Å². The molecule has 0 aliphatic heterocycles. The molecule has 0 amide bonds. The highest BCUT2D eigenvalue weighted by atomic mass is 16.3. The van der Waals surface area contributed by atoms with Crippen LogP contribution >= 0.6 is 0 Å². The van der Waals surface area contributed by atoms with Gasteiger partial charge in [0.1, 0.15) is 5.52 Å². The van der Waals surface area contributed by atoms with Crippen molar-refractivity contribution in [3.05, 3.63) is 78.6 Å². The van der Waals surface area contributed by atoms with Gasteiger partial charge in [0.2, 0.25) is 0 Å². The van der Waals surface area contributed by atoms with E-state index in [4.69, 9.17) is 9.97 Å². The number of rotatable bonds is 3. The van der Waals surface area contributed by atoms with E-state index in [1.165, 1.54) is 0 Å². The molecule has 0 atom stereocenters. The van der Waals surface area contributed by atoms with Crippen molar-refractivity contribution < 1.29 is 5.11 Å². The number of nitrogens with zero attached hydrogens (tertiary/aromatic N) is 3. The minimum atomic E-state index is 0.0269. The van der Waals surface area contributed by atoms with E-state index in [9.17, 15) is 5.11 Å². The average molecular weight is 313 g/mol. The van der Waals surface area contributed by atoms with Crippen LogP contribution in [0.4, 0.5) is 0 Å².